The summed E-state index contributed by atoms with van der Waals surface area (Å²) in [4.78, 5) is 4.38. The Morgan fingerprint density at radius 2 is 1.74 bits per heavy atom. The van der Waals surface area contributed by atoms with Crippen molar-refractivity contribution in [2.24, 2.45) is 4.99 Å². The van der Waals surface area contributed by atoms with Gasteiger partial charge in [0.25, 0.3) is 0 Å². The number of guanidine groups is 1. The van der Waals surface area contributed by atoms with Gasteiger partial charge in [0.05, 0.1) is 18.4 Å². The van der Waals surface area contributed by atoms with Crippen molar-refractivity contribution in [3.63, 3.8) is 0 Å². The molecule has 1 aromatic rings. The number of benzene rings is 1. The second-order valence-electron chi connectivity index (χ2n) is 7.33. The highest BCUT2D eigenvalue weighted by molar-refractivity contribution is 7.89. The van der Waals surface area contributed by atoms with Gasteiger partial charge in [-0.1, -0.05) is 45.0 Å². The normalized spacial score (nSPS) is 14.1. The van der Waals surface area contributed by atoms with Crippen LogP contribution in [0.2, 0.25) is 0 Å². The van der Waals surface area contributed by atoms with Gasteiger partial charge in [-0.2, -0.15) is 0 Å². The zero-order chi connectivity index (χ0) is 20.5. The van der Waals surface area contributed by atoms with Gasteiger partial charge in [0.1, 0.15) is 0 Å². The zero-order valence-corrected chi connectivity index (χ0v) is 17.9. The number of aliphatic imine (C=N–C) groups is 1. The predicted octanol–water partition coefficient (Wildman–Crippen LogP) is 1.51. The molecule has 0 heterocycles. The molecule has 0 aliphatic carbocycles. The molecule has 0 amide bonds. The first-order chi connectivity index (χ1) is 12.6. The van der Waals surface area contributed by atoms with E-state index in [9.17, 15) is 13.5 Å². The van der Waals surface area contributed by atoms with Crippen LogP contribution in [0, 0.1) is 0 Å². The average Bonchev–Trinajstić information content (AvgIpc) is 2.62. The van der Waals surface area contributed by atoms with E-state index in [0.717, 1.165) is 5.56 Å². The zero-order valence-electron chi connectivity index (χ0n) is 17.0. The van der Waals surface area contributed by atoms with Gasteiger partial charge >= 0.3 is 0 Å². The lowest BCUT2D eigenvalue weighted by atomic mass is 9.86. The highest BCUT2D eigenvalue weighted by Crippen LogP contribution is 2.24. The number of aliphatic hydroxyl groups is 1. The first-order valence-electron chi connectivity index (χ1n) is 9.37. The summed E-state index contributed by atoms with van der Waals surface area (Å²) >= 11 is 0. The maximum Gasteiger partial charge on any atom is 0.211 e. The van der Waals surface area contributed by atoms with Crippen LogP contribution in [0.1, 0.15) is 51.8 Å². The third kappa shape index (κ3) is 8.73. The highest BCUT2D eigenvalue weighted by Gasteiger charge is 2.14. The summed E-state index contributed by atoms with van der Waals surface area (Å²) in [6, 6.07) is 7.93. The summed E-state index contributed by atoms with van der Waals surface area (Å²) in [5, 5.41) is 16.5. The quantitative estimate of drug-likeness (QED) is 0.287. The van der Waals surface area contributed by atoms with Crippen molar-refractivity contribution in [1.29, 1.82) is 0 Å². The average molecular weight is 399 g/mol. The van der Waals surface area contributed by atoms with E-state index < -0.39 is 16.1 Å². The van der Waals surface area contributed by atoms with Crippen molar-refractivity contribution in [2.75, 3.05) is 31.9 Å². The van der Waals surface area contributed by atoms with E-state index in [1.165, 1.54) is 5.56 Å². The Morgan fingerprint density at radius 1 is 1.11 bits per heavy atom. The van der Waals surface area contributed by atoms with E-state index in [2.05, 4.69) is 41.1 Å². The molecule has 0 aromatic heterocycles. The molecular weight excluding hydrogens is 364 g/mol. The van der Waals surface area contributed by atoms with Crippen LogP contribution in [0.3, 0.4) is 0 Å². The van der Waals surface area contributed by atoms with E-state index in [0.29, 0.717) is 19.0 Å². The lowest BCUT2D eigenvalue weighted by Gasteiger charge is -2.20. The highest BCUT2D eigenvalue weighted by atomic mass is 32.2. The van der Waals surface area contributed by atoms with Crippen LogP contribution in [0.15, 0.2) is 29.3 Å². The first-order valence-corrected chi connectivity index (χ1v) is 11.0. The van der Waals surface area contributed by atoms with Crippen molar-refractivity contribution in [1.82, 2.24) is 15.4 Å². The van der Waals surface area contributed by atoms with E-state index >= 15 is 0 Å². The maximum absolute atomic E-state index is 11.4. The molecule has 4 N–H and O–H groups in total. The second-order valence-corrected chi connectivity index (χ2v) is 9.43. The third-order valence-corrected chi connectivity index (χ3v) is 5.45. The van der Waals surface area contributed by atoms with Gasteiger partial charge in [-0.25, -0.2) is 13.1 Å². The molecule has 7 nitrogen and oxygen atoms in total. The van der Waals surface area contributed by atoms with Crippen molar-refractivity contribution in [3.05, 3.63) is 35.4 Å². The van der Waals surface area contributed by atoms with Crippen LogP contribution >= 0.6 is 0 Å². The molecule has 0 aliphatic heterocycles. The maximum atomic E-state index is 11.4. The largest absolute Gasteiger partial charge is 0.386 e. The fourth-order valence-corrected chi connectivity index (χ4v) is 2.94. The topological polar surface area (TPSA) is 103 Å². The summed E-state index contributed by atoms with van der Waals surface area (Å²) in [6.45, 7) is 11.6. The van der Waals surface area contributed by atoms with Gasteiger partial charge < -0.3 is 15.7 Å². The van der Waals surface area contributed by atoms with Crippen molar-refractivity contribution in [3.8, 4) is 0 Å². The van der Waals surface area contributed by atoms with E-state index in [1.807, 2.05) is 31.2 Å². The number of hydrogen-bond donors (Lipinski definition) is 4. The molecule has 0 fully saturated rings. The molecule has 0 saturated carbocycles. The van der Waals surface area contributed by atoms with Crippen LogP contribution in [-0.2, 0) is 15.4 Å². The van der Waals surface area contributed by atoms with Gasteiger partial charge in [-0.15, -0.1) is 0 Å². The summed E-state index contributed by atoms with van der Waals surface area (Å²) < 4.78 is 25.3. The Labute approximate surface area is 163 Å². The SMILES string of the molecule is CCNC(=NCC(O)c1ccc(C(C)(C)C)cc1)NCCNS(=O)(=O)CC. The molecule has 1 unspecified atom stereocenters. The number of sulfonamides is 1. The Morgan fingerprint density at radius 3 is 2.26 bits per heavy atom. The molecule has 0 aliphatic rings. The molecule has 8 heteroatoms. The summed E-state index contributed by atoms with van der Waals surface area (Å²) in [5.74, 6) is 0.597. The van der Waals surface area contributed by atoms with Gasteiger partial charge in [0, 0.05) is 19.6 Å². The molecule has 0 bridgehead atoms. The summed E-state index contributed by atoms with van der Waals surface area (Å²) in [6.07, 6.45) is -0.701. The molecule has 1 atom stereocenters. The van der Waals surface area contributed by atoms with Gasteiger partial charge in [-0.3, -0.25) is 4.99 Å². The summed E-state index contributed by atoms with van der Waals surface area (Å²) in [5.41, 5.74) is 2.10. The number of aliphatic hydroxyl groups excluding tert-OH is 1. The van der Waals surface area contributed by atoms with E-state index in [-0.39, 0.29) is 24.3 Å². The van der Waals surface area contributed by atoms with E-state index in [4.69, 9.17) is 0 Å². The van der Waals surface area contributed by atoms with Crippen molar-refractivity contribution >= 4 is 16.0 Å². The van der Waals surface area contributed by atoms with Crippen LogP contribution in [-0.4, -0.2) is 51.4 Å². The minimum atomic E-state index is -3.20. The number of rotatable bonds is 9. The molecule has 1 rings (SSSR count). The molecule has 0 radical (unpaired) electrons. The summed E-state index contributed by atoms with van der Waals surface area (Å²) in [7, 11) is -3.20. The molecule has 0 spiro atoms. The Hall–Kier alpha value is -1.64. The molecule has 27 heavy (non-hydrogen) atoms. The number of hydrogen-bond acceptors (Lipinski definition) is 4. The smallest absolute Gasteiger partial charge is 0.211 e. The Balaban J connectivity index is 2.60. The minimum absolute atomic E-state index is 0.0569. The van der Waals surface area contributed by atoms with Crippen LogP contribution in [0.5, 0.6) is 0 Å². The third-order valence-electron chi connectivity index (χ3n) is 4.05. The lowest BCUT2D eigenvalue weighted by Crippen LogP contribution is -2.42. The van der Waals surface area contributed by atoms with E-state index in [1.54, 1.807) is 6.92 Å². The molecule has 154 valence electrons. The Kier molecular flexibility index (Phi) is 9.21. The molecule has 1 aromatic carbocycles. The number of nitrogens with one attached hydrogen (secondary N) is 3. The van der Waals surface area contributed by atoms with Gasteiger partial charge in [0.15, 0.2) is 5.96 Å². The Bertz CT molecular complexity index is 695. The van der Waals surface area contributed by atoms with Crippen LogP contribution < -0.4 is 15.4 Å². The first kappa shape index (κ1) is 23.4. The van der Waals surface area contributed by atoms with Crippen molar-refractivity contribution in [2.45, 2.75) is 46.1 Å². The number of nitrogens with zero attached hydrogens (tertiary/aromatic N) is 1. The van der Waals surface area contributed by atoms with Crippen LogP contribution in [0.25, 0.3) is 0 Å². The van der Waals surface area contributed by atoms with Crippen LogP contribution in [0.4, 0.5) is 0 Å². The fraction of sp³-hybridized carbons (Fsp3) is 0.632. The van der Waals surface area contributed by atoms with Crippen molar-refractivity contribution < 1.29 is 13.5 Å². The van der Waals surface area contributed by atoms with Gasteiger partial charge in [-0.05, 0) is 30.4 Å². The molecular formula is C19H34N4O3S. The predicted molar refractivity (Wildman–Crippen MR) is 112 cm³/mol. The van der Waals surface area contributed by atoms with Gasteiger partial charge in [0.2, 0.25) is 10.0 Å². The fourth-order valence-electron chi connectivity index (χ4n) is 2.32. The second kappa shape index (κ2) is 10.6. The molecule has 0 saturated heterocycles. The monoisotopic (exact) mass is 398 g/mol. The standard InChI is InChI=1S/C19H34N4O3S/c1-6-20-18(21-12-13-23-27(25,26)7-2)22-14-17(24)15-8-10-16(11-9-15)19(3,4)5/h8-11,17,23-24H,6-7,12-14H2,1-5H3,(H2,20,21,22). The lowest BCUT2D eigenvalue weighted by molar-refractivity contribution is 0.187. The minimum Gasteiger partial charge on any atom is -0.386 e.